The van der Waals surface area contributed by atoms with E-state index < -0.39 is 10.0 Å². The molecule has 0 aliphatic rings. The van der Waals surface area contributed by atoms with Crippen molar-refractivity contribution < 1.29 is 8.42 Å². The second-order valence-electron chi connectivity index (χ2n) is 5.74. The summed E-state index contributed by atoms with van der Waals surface area (Å²) in [5.41, 5.74) is 4.55. The molecule has 0 unspecified atom stereocenters. The molecule has 0 N–H and O–H groups in total. The zero-order chi connectivity index (χ0) is 16.6. The van der Waals surface area contributed by atoms with E-state index in [0.29, 0.717) is 0 Å². The van der Waals surface area contributed by atoms with Gasteiger partial charge >= 0.3 is 0 Å². The fraction of sp³-hybridized carbons (Fsp3) is 0.158. The topological polar surface area (TPSA) is 39.1 Å². The van der Waals surface area contributed by atoms with Crippen LogP contribution in [0.25, 0.3) is 17.0 Å². The van der Waals surface area contributed by atoms with E-state index in [4.69, 9.17) is 0 Å². The molecule has 0 saturated heterocycles. The first-order chi connectivity index (χ1) is 10.9. The highest BCUT2D eigenvalue weighted by atomic mass is 32.2. The lowest BCUT2D eigenvalue weighted by molar-refractivity contribution is 0.588. The van der Waals surface area contributed by atoms with Crippen molar-refractivity contribution in [1.29, 1.82) is 0 Å². The van der Waals surface area contributed by atoms with Crippen molar-refractivity contribution in [3.8, 4) is 0 Å². The Hall–Kier alpha value is -2.33. The van der Waals surface area contributed by atoms with Gasteiger partial charge in [0.05, 0.1) is 11.3 Å². The van der Waals surface area contributed by atoms with Gasteiger partial charge in [-0.1, -0.05) is 49.1 Å². The molecule has 3 aromatic rings. The minimum Gasteiger partial charge on any atom is -0.245 e. The number of benzene rings is 2. The van der Waals surface area contributed by atoms with E-state index in [-0.39, 0.29) is 5.75 Å². The number of hydrogen-bond acceptors (Lipinski definition) is 2. The lowest BCUT2D eigenvalue weighted by Gasteiger charge is -2.12. The summed E-state index contributed by atoms with van der Waals surface area (Å²) in [5, 5.41) is 0.925. The monoisotopic (exact) mass is 325 g/mol. The molecule has 118 valence electrons. The number of fused-ring (bicyclic) bond motifs is 1. The summed E-state index contributed by atoms with van der Waals surface area (Å²) in [4.78, 5) is 0. The van der Waals surface area contributed by atoms with Crippen LogP contribution in [-0.2, 0) is 15.8 Å². The molecule has 4 heteroatoms. The van der Waals surface area contributed by atoms with Crippen molar-refractivity contribution in [3.05, 3.63) is 77.5 Å². The molecular weight excluding hydrogens is 306 g/mol. The van der Waals surface area contributed by atoms with Crippen molar-refractivity contribution in [2.75, 3.05) is 0 Å². The summed E-state index contributed by atoms with van der Waals surface area (Å²) in [6.07, 6.45) is 3.42. The second kappa shape index (κ2) is 5.70. The highest BCUT2D eigenvalue weighted by molar-refractivity contribution is 7.89. The van der Waals surface area contributed by atoms with Crippen molar-refractivity contribution in [2.45, 2.75) is 19.6 Å². The van der Waals surface area contributed by atoms with Gasteiger partial charge in [0.25, 0.3) is 0 Å². The highest BCUT2D eigenvalue weighted by Gasteiger charge is 2.19. The summed E-state index contributed by atoms with van der Waals surface area (Å²) in [6, 6.07) is 13.1. The molecule has 3 rings (SSSR count). The fourth-order valence-electron chi connectivity index (χ4n) is 3.06. The zero-order valence-electron chi connectivity index (χ0n) is 13.3. The third-order valence-corrected chi connectivity index (χ3v) is 5.67. The van der Waals surface area contributed by atoms with E-state index in [9.17, 15) is 8.42 Å². The lowest BCUT2D eigenvalue weighted by Crippen LogP contribution is -2.14. The molecule has 0 amide bonds. The van der Waals surface area contributed by atoms with E-state index in [1.54, 1.807) is 12.3 Å². The largest absolute Gasteiger partial charge is 0.245 e. The molecule has 0 aliphatic heterocycles. The van der Waals surface area contributed by atoms with Crippen molar-refractivity contribution in [3.63, 3.8) is 0 Å². The molecule has 0 saturated carbocycles. The minimum absolute atomic E-state index is 0.0195. The van der Waals surface area contributed by atoms with Crippen LogP contribution in [0, 0.1) is 13.8 Å². The maximum absolute atomic E-state index is 12.9. The molecule has 0 aliphatic carbocycles. The average molecular weight is 325 g/mol. The summed E-state index contributed by atoms with van der Waals surface area (Å²) < 4.78 is 27.1. The Morgan fingerprint density at radius 2 is 1.78 bits per heavy atom. The Kier molecular flexibility index (Phi) is 3.86. The predicted octanol–water partition coefficient (Wildman–Crippen LogP) is 4.28. The van der Waals surface area contributed by atoms with Gasteiger partial charge in [0, 0.05) is 11.6 Å². The zero-order valence-corrected chi connectivity index (χ0v) is 14.1. The molecule has 0 bridgehead atoms. The number of rotatable bonds is 4. The van der Waals surface area contributed by atoms with Gasteiger partial charge in [0.2, 0.25) is 10.0 Å². The summed E-state index contributed by atoms with van der Waals surface area (Å²) in [6.45, 7) is 7.81. The molecule has 0 atom stereocenters. The van der Waals surface area contributed by atoms with E-state index >= 15 is 0 Å². The minimum atomic E-state index is -3.47. The van der Waals surface area contributed by atoms with Crippen LogP contribution in [0.1, 0.15) is 22.3 Å². The Morgan fingerprint density at radius 1 is 1.09 bits per heavy atom. The third kappa shape index (κ3) is 2.70. The van der Waals surface area contributed by atoms with Gasteiger partial charge < -0.3 is 0 Å². The molecule has 0 spiro atoms. The van der Waals surface area contributed by atoms with Gasteiger partial charge in [-0.05, 0) is 42.2 Å². The van der Waals surface area contributed by atoms with Crippen molar-refractivity contribution in [1.82, 2.24) is 3.97 Å². The van der Waals surface area contributed by atoms with Crippen molar-refractivity contribution in [2.24, 2.45) is 0 Å². The molecule has 23 heavy (non-hydrogen) atoms. The Morgan fingerprint density at radius 3 is 2.43 bits per heavy atom. The van der Waals surface area contributed by atoms with Crippen LogP contribution in [-0.4, -0.2) is 12.4 Å². The fourth-order valence-corrected chi connectivity index (χ4v) is 4.58. The quantitative estimate of drug-likeness (QED) is 0.718. The summed E-state index contributed by atoms with van der Waals surface area (Å²) >= 11 is 0. The first kappa shape index (κ1) is 15.6. The standard InChI is InChI=1S/C19H19NO2S/c1-4-17-14(2)12-15(3)19-18(17)10-11-20(19)23(21,22)13-16-8-6-5-7-9-16/h4-12H,1,13H2,2-3H3. The molecule has 0 fully saturated rings. The number of aryl methyl sites for hydroxylation is 2. The summed E-state index contributed by atoms with van der Waals surface area (Å²) in [7, 11) is -3.47. The molecule has 1 aromatic heterocycles. The van der Waals surface area contributed by atoms with Gasteiger partial charge in [-0.3, -0.25) is 0 Å². The van der Waals surface area contributed by atoms with Crippen LogP contribution >= 0.6 is 0 Å². The van der Waals surface area contributed by atoms with Crippen LogP contribution in [0.15, 0.2) is 55.2 Å². The first-order valence-electron chi connectivity index (χ1n) is 7.45. The first-order valence-corrected chi connectivity index (χ1v) is 9.06. The van der Waals surface area contributed by atoms with Crippen LogP contribution in [0.3, 0.4) is 0 Å². The Bertz CT molecular complexity index is 983. The van der Waals surface area contributed by atoms with Crippen LogP contribution in [0.5, 0.6) is 0 Å². The van der Waals surface area contributed by atoms with Gasteiger partial charge in [-0.15, -0.1) is 0 Å². The number of nitrogens with zero attached hydrogens (tertiary/aromatic N) is 1. The van der Waals surface area contributed by atoms with E-state index in [2.05, 4.69) is 6.58 Å². The van der Waals surface area contributed by atoms with Crippen molar-refractivity contribution >= 4 is 27.0 Å². The maximum atomic E-state index is 12.9. The number of hydrogen-bond donors (Lipinski definition) is 0. The molecule has 1 heterocycles. The van der Waals surface area contributed by atoms with E-state index in [1.807, 2.05) is 56.3 Å². The Labute approximate surface area is 136 Å². The van der Waals surface area contributed by atoms with E-state index in [0.717, 1.165) is 33.2 Å². The van der Waals surface area contributed by atoms with Crippen LogP contribution in [0.2, 0.25) is 0 Å². The van der Waals surface area contributed by atoms with E-state index in [1.165, 1.54) is 3.97 Å². The normalized spacial score (nSPS) is 11.7. The Balaban J connectivity index is 2.19. The second-order valence-corrected chi connectivity index (χ2v) is 7.59. The molecule has 2 aromatic carbocycles. The maximum Gasteiger partial charge on any atom is 0.243 e. The van der Waals surface area contributed by atoms with Gasteiger partial charge in [-0.25, -0.2) is 12.4 Å². The smallest absolute Gasteiger partial charge is 0.243 e. The van der Waals surface area contributed by atoms with Crippen LogP contribution in [0.4, 0.5) is 0 Å². The summed E-state index contributed by atoms with van der Waals surface area (Å²) in [5.74, 6) is -0.0195. The lowest BCUT2D eigenvalue weighted by atomic mass is 10.0. The molecule has 3 nitrogen and oxygen atoms in total. The molecular formula is C19H19NO2S. The highest BCUT2D eigenvalue weighted by Crippen LogP contribution is 2.29. The third-order valence-electron chi connectivity index (χ3n) is 4.07. The molecule has 0 radical (unpaired) electrons. The van der Waals surface area contributed by atoms with Crippen LogP contribution < -0.4 is 0 Å². The predicted molar refractivity (Wildman–Crippen MR) is 96.0 cm³/mol. The van der Waals surface area contributed by atoms with Gasteiger partial charge in [-0.2, -0.15) is 0 Å². The average Bonchev–Trinajstić information content (AvgIpc) is 2.94. The SMILES string of the molecule is C=Cc1c(C)cc(C)c2c1ccn2S(=O)(=O)Cc1ccccc1. The number of aromatic nitrogens is 1. The van der Waals surface area contributed by atoms with Gasteiger partial charge in [0.1, 0.15) is 0 Å². The van der Waals surface area contributed by atoms with Gasteiger partial charge in [0.15, 0.2) is 0 Å².